The third kappa shape index (κ3) is 3.44. The Morgan fingerprint density at radius 3 is 2.50 bits per heavy atom. The van der Waals surface area contributed by atoms with Crippen molar-refractivity contribution < 1.29 is 9.59 Å². The molecule has 1 N–H and O–H groups in total. The summed E-state index contributed by atoms with van der Waals surface area (Å²) in [4.78, 5) is 23.8. The van der Waals surface area contributed by atoms with E-state index in [0.29, 0.717) is 6.54 Å². The second kappa shape index (κ2) is 5.97. The Balaban J connectivity index is 4.35. The van der Waals surface area contributed by atoms with Gasteiger partial charge in [-0.2, -0.15) is 5.26 Å². The van der Waals surface area contributed by atoms with Crippen molar-refractivity contribution >= 4 is 11.8 Å². The Morgan fingerprint density at radius 2 is 2.14 bits per heavy atom. The molecular formula is C9H15N3O2. The van der Waals surface area contributed by atoms with Gasteiger partial charge < -0.3 is 10.2 Å². The lowest BCUT2D eigenvalue weighted by molar-refractivity contribution is -0.137. The smallest absolute Gasteiger partial charge is 0.240 e. The van der Waals surface area contributed by atoms with Gasteiger partial charge in [0.15, 0.2) is 0 Å². The molecular weight excluding hydrogens is 182 g/mol. The lowest BCUT2D eigenvalue weighted by atomic mass is 10.2. The predicted molar refractivity (Wildman–Crippen MR) is 51.1 cm³/mol. The molecule has 0 aliphatic carbocycles. The molecule has 5 nitrogen and oxygen atoms in total. The van der Waals surface area contributed by atoms with Gasteiger partial charge in [-0.1, -0.05) is 0 Å². The molecule has 0 aromatic heterocycles. The summed E-state index contributed by atoms with van der Waals surface area (Å²) in [7, 11) is 1.51. The molecule has 0 fully saturated rings. The Morgan fingerprint density at radius 1 is 1.57 bits per heavy atom. The Kier molecular flexibility index (Phi) is 5.30. The average Bonchev–Trinajstić information content (AvgIpc) is 2.23. The predicted octanol–water partition coefficient (Wildman–Crippen LogP) is -0.259. The molecule has 0 heterocycles. The van der Waals surface area contributed by atoms with Crippen LogP contribution in [0, 0.1) is 17.2 Å². The van der Waals surface area contributed by atoms with Crippen LogP contribution in [0.5, 0.6) is 0 Å². The van der Waals surface area contributed by atoms with E-state index in [0.717, 1.165) is 0 Å². The molecule has 1 atom stereocenters. The van der Waals surface area contributed by atoms with Gasteiger partial charge in [0, 0.05) is 13.6 Å². The number of rotatable bonds is 4. The highest BCUT2D eigenvalue weighted by Crippen LogP contribution is 2.00. The average molecular weight is 197 g/mol. The molecule has 0 aliphatic heterocycles. The van der Waals surface area contributed by atoms with E-state index in [1.165, 1.54) is 18.9 Å². The van der Waals surface area contributed by atoms with Crippen LogP contribution in [0.1, 0.15) is 13.8 Å². The quantitative estimate of drug-likeness (QED) is 0.674. The monoisotopic (exact) mass is 197 g/mol. The van der Waals surface area contributed by atoms with Gasteiger partial charge in [0.05, 0.1) is 12.6 Å². The van der Waals surface area contributed by atoms with Crippen molar-refractivity contribution in [2.45, 2.75) is 13.8 Å². The van der Waals surface area contributed by atoms with Crippen LogP contribution in [-0.2, 0) is 9.59 Å². The number of hydrogen-bond donors (Lipinski definition) is 1. The fourth-order valence-electron chi connectivity index (χ4n) is 0.927. The molecule has 0 bridgehead atoms. The third-order valence-electron chi connectivity index (χ3n) is 1.87. The molecule has 0 saturated carbocycles. The molecule has 0 saturated heterocycles. The molecule has 14 heavy (non-hydrogen) atoms. The first-order valence-corrected chi connectivity index (χ1v) is 4.45. The molecule has 0 aromatic carbocycles. The normalized spacial score (nSPS) is 11.3. The second-order valence-corrected chi connectivity index (χ2v) is 2.88. The summed E-state index contributed by atoms with van der Waals surface area (Å²) >= 11 is 0. The number of nitrogens with one attached hydrogen (secondary N) is 1. The van der Waals surface area contributed by atoms with Gasteiger partial charge >= 0.3 is 0 Å². The lowest BCUT2D eigenvalue weighted by Gasteiger charge is -2.20. The van der Waals surface area contributed by atoms with Gasteiger partial charge in [-0.15, -0.1) is 0 Å². The maximum atomic E-state index is 11.5. The highest BCUT2D eigenvalue weighted by Gasteiger charge is 2.20. The SMILES string of the molecule is CCN(CC(=O)NC)C(=O)C(C)C#N. The first kappa shape index (κ1) is 12.4. The van der Waals surface area contributed by atoms with Crippen molar-refractivity contribution in [3.8, 4) is 6.07 Å². The standard InChI is InChI=1S/C9H15N3O2/c1-4-12(6-8(13)11-3)9(14)7(2)5-10/h7H,4,6H2,1-3H3,(H,11,13). The van der Waals surface area contributed by atoms with Crippen LogP contribution in [0.15, 0.2) is 0 Å². The zero-order chi connectivity index (χ0) is 11.1. The van der Waals surface area contributed by atoms with Crippen LogP contribution in [0.25, 0.3) is 0 Å². The molecule has 0 aromatic rings. The van der Waals surface area contributed by atoms with Crippen molar-refractivity contribution in [1.29, 1.82) is 5.26 Å². The van der Waals surface area contributed by atoms with Crippen LogP contribution in [0.4, 0.5) is 0 Å². The fourth-order valence-corrected chi connectivity index (χ4v) is 0.927. The molecule has 78 valence electrons. The minimum Gasteiger partial charge on any atom is -0.358 e. The lowest BCUT2D eigenvalue weighted by Crippen LogP contribution is -2.41. The maximum Gasteiger partial charge on any atom is 0.240 e. The molecule has 0 spiro atoms. The highest BCUT2D eigenvalue weighted by molar-refractivity contribution is 5.86. The second-order valence-electron chi connectivity index (χ2n) is 2.88. The maximum absolute atomic E-state index is 11.5. The van der Waals surface area contributed by atoms with Gasteiger partial charge in [-0.05, 0) is 13.8 Å². The van der Waals surface area contributed by atoms with Crippen LogP contribution in [-0.4, -0.2) is 36.9 Å². The Hall–Kier alpha value is -1.57. The number of amides is 2. The topological polar surface area (TPSA) is 73.2 Å². The summed E-state index contributed by atoms with van der Waals surface area (Å²) in [5, 5.41) is 11.0. The van der Waals surface area contributed by atoms with Crippen molar-refractivity contribution in [2.75, 3.05) is 20.1 Å². The molecule has 0 rings (SSSR count). The summed E-state index contributed by atoms with van der Waals surface area (Å²) in [6.07, 6.45) is 0. The summed E-state index contributed by atoms with van der Waals surface area (Å²) in [6, 6.07) is 1.85. The first-order chi connectivity index (χ1) is 6.56. The van der Waals surface area contributed by atoms with Gasteiger partial charge in [0.1, 0.15) is 5.92 Å². The van der Waals surface area contributed by atoms with Crippen molar-refractivity contribution in [1.82, 2.24) is 10.2 Å². The van der Waals surface area contributed by atoms with E-state index in [1.807, 2.05) is 6.07 Å². The minimum atomic E-state index is -0.695. The minimum absolute atomic E-state index is 0.0118. The number of carbonyl (C=O) groups excluding carboxylic acids is 2. The highest BCUT2D eigenvalue weighted by atomic mass is 16.2. The molecule has 0 aliphatic rings. The number of nitriles is 1. The number of hydrogen-bond acceptors (Lipinski definition) is 3. The van der Waals surface area contributed by atoms with E-state index in [4.69, 9.17) is 5.26 Å². The Labute approximate surface area is 83.7 Å². The largest absolute Gasteiger partial charge is 0.358 e. The van der Waals surface area contributed by atoms with E-state index >= 15 is 0 Å². The third-order valence-corrected chi connectivity index (χ3v) is 1.87. The van der Waals surface area contributed by atoms with Gasteiger partial charge in [-0.3, -0.25) is 9.59 Å². The number of carbonyl (C=O) groups is 2. The van der Waals surface area contributed by atoms with E-state index in [2.05, 4.69) is 5.32 Å². The number of likely N-dealkylation sites (N-methyl/N-ethyl adjacent to an activating group) is 2. The first-order valence-electron chi connectivity index (χ1n) is 4.45. The van der Waals surface area contributed by atoms with Gasteiger partial charge in [0.25, 0.3) is 0 Å². The van der Waals surface area contributed by atoms with Crippen LogP contribution in [0.2, 0.25) is 0 Å². The summed E-state index contributed by atoms with van der Waals surface area (Å²) < 4.78 is 0. The van der Waals surface area contributed by atoms with E-state index in [9.17, 15) is 9.59 Å². The molecule has 0 radical (unpaired) electrons. The fraction of sp³-hybridized carbons (Fsp3) is 0.667. The van der Waals surface area contributed by atoms with Crippen LogP contribution < -0.4 is 5.32 Å². The van der Waals surface area contributed by atoms with Gasteiger partial charge in [0.2, 0.25) is 11.8 Å². The zero-order valence-corrected chi connectivity index (χ0v) is 8.70. The molecule has 5 heteroatoms. The summed E-state index contributed by atoms with van der Waals surface area (Å²) in [5.74, 6) is -1.23. The Bertz CT molecular complexity index is 257. The summed E-state index contributed by atoms with van der Waals surface area (Å²) in [5.41, 5.74) is 0. The van der Waals surface area contributed by atoms with Crippen molar-refractivity contribution in [2.24, 2.45) is 5.92 Å². The number of nitrogens with zero attached hydrogens (tertiary/aromatic N) is 2. The van der Waals surface area contributed by atoms with Crippen molar-refractivity contribution in [3.63, 3.8) is 0 Å². The van der Waals surface area contributed by atoms with Crippen molar-refractivity contribution in [3.05, 3.63) is 0 Å². The summed E-state index contributed by atoms with van der Waals surface area (Å²) in [6.45, 7) is 3.73. The van der Waals surface area contributed by atoms with Crippen LogP contribution in [0.3, 0.4) is 0 Å². The molecule has 2 amide bonds. The van der Waals surface area contributed by atoms with E-state index < -0.39 is 5.92 Å². The molecule has 1 unspecified atom stereocenters. The van der Waals surface area contributed by atoms with E-state index in [1.54, 1.807) is 6.92 Å². The zero-order valence-electron chi connectivity index (χ0n) is 8.70. The van der Waals surface area contributed by atoms with Gasteiger partial charge in [-0.25, -0.2) is 0 Å². The van der Waals surface area contributed by atoms with E-state index in [-0.39, 0.29) is 18.4 Å². The van der Waals surface area contributed by atoms with Crippen LogP contribution >= 0.6 is 0 Å².